The molecular formula is C20H28ClF3N4O. The number of rotatable bonds is 3. The van der Waals surface area contributed by atoms with Crippen LogP contribution in [0, 0.1) is 11.8 Å². The molecule has 1 aromatic rings. The Labute approximate surface area is 174 Å². The highest BCUT2D eigenvalue weighted by molar-refractivity contribution is 6.33. The van der Waals surface area contributed by atoms with Gasteiger partial charge in [0.1, 0.15) is 5.82 Å². The van der Waals surface area contributed by atoms with Gasteiger partial charge in [-0.05, 0) is 31.2 Å². The monoisotopic (exact) mass is 432 g/mol. The maximum absolute atomic E-state index is 13.0. The lowest BCUT2D eigenvalue weighted by molar-refractivity contribution is -0.139. The summed E-state index contributed by atoms with van der Waals surface area (Å²) in [7, 11) is 0. The van der Waals surface area contributed by atoms with Crippen LogP contribution in [0.4, 0.5) is 19.0 Å². The smallest absolute Gasteiger partial charge is 0.353 e. The molecule has 0 saturated carbocycles. The zero-order valence-electron chi connectivity index (χ0n) is 17.0. The number of aromatic nitrogens is 1. The number of hydrogen-bond donors (Lipinski definition) is 0. The van der Waals surface area contributed by atoms with Gasteiger partial charge in [-0.3, -0.25) is 9.69 Å². The molecule has 1 amide bonds. The van der Waals surface area contributed by atoms with Gasteiger partial charge in [-0.15, -0.1) is 0 Å². The predicted octanol–water partition coefficient (Wildman–Crippen LogP) is 3.77. The molecule has 0 bridgehead atoms. The van der Waals surface area contributed by atoms with Crippen LogP contribution in [-0.2, 0) is 11.0 Å². The number of halogens is 4. The normalized spacial score (nSPS) is 25.2. The maximum Gasteiger partial charge on any atom is 0.417 e. The molecule has 2 aliphatic rings. The Kier molecular flexibility index (Phi) is 6.63. The molecule has 2 saturated heterocycles. The van der Waals surface area contributed by atoms with E-state index in [1.807, 2.05) is 16.7 Å². The first-order valence-corrected chi connectivity index (χ1v) is 10.4. The average molecular weight is 433 g/mol. The highest BCUT2D eigenvalue weighted by Gasteiger charge is 2.34. The number of piperidine rings is 1. The lowest BCUT2D eigenvalue weighted by atomic mass is 9.91. The summed E-state index contributed by atoms with van der Waals surface area (Å²) < 4.78 is 38.4. The number of amides is 1. The lowest BCUT2D eigenvalue weighted by Crippen LogP contribution is -2.56. The quantitative estimate of drug-likeness (QED) is 0.729. The molecule has 162 valence electrons. The largest absolute Gasteiger partial charge is 0.417 e. The van der Waals surface area contributed by atoms with Crippen LogP contribution in [0.5, 0.6) is 0 Å². The van der Waals surface area contributed by atoms with Crippen LogP contribution in [0.15, 0.2) is 12.3 Å². The Morgan fingerprint density at radius 3 is 2.28 bits per heavy atom. The number of likely N-dealkylation sites (tertiary alicyclic amines) is 1. The minimum Gasteiger partial charge on any atom is -0.353 e. The van der Waals surface area contributed by atoms with Gasteiger partial charge in [-0.25, -0.2) is 4.98 Å². The van der Waals surface area contributed by atoms with Crippen molar-refractivity contribution in [2.75, 3.05) is 44.2 Å². The minimum absolute atomic E-state index is 0.00584. The number of alkyl halides is 3. The van der Waals surface area contributed by atoms with Crippen molar-refractivity contribution in [2.24, 2.45) is 11.8 Å². The van der Waals surface area contributed by atoms with Crippen LogP contribution in [0.3, 0.4) is 0 Å². The summed E-state index contributed by atoms with van der Waals surface area (Å²) in [5.74, 6) is 1.54. The molecule has 0 N–H and O–H groups in total. The predicted molar refractivity (Wildman–Crippen MR) is 107 cm³/mol. The van der Waals surface area contributed by atoms with Crippen LogP contribution in [0.25, 0.3) is 0 Å². The number of hydrogen-bond acceptors (Lipinski definition) is 4. The fraction of sp³-hybridized carbons (Fsp3) is 0.700. The van der Waals surface area contributed by atoms with E-state index in [9.17, 15) is 18.0 Å². The van der Waals surface area contributed by atoms with Crippen LogP contribution >= 0.6 is 11.6 Å². The highest BCUT2D eigenvalue weighted by Crippen LogP contribution is 2.34. The topological polar surface area (TPSA) is 39.7 Å². The van der Waals surface area contributed by atoms with E-state index in [2.05, 4.69) is 23.7 Å². The summed E-state index contributed by atoms with van der Waals surface area (Å²) in [6, 6.07) is 0.701. The van der Waals surface area contributed by atoms with Crippen molar-refractivity contribution in [1.82, 2.24) is 14.8 Å². The fourth-order valence-electron chi connectivity index (χ4n) is 4.40. The van der Waals surface area contributed by atoms with Gasteiger partial charge in [-0.2, -0.15) is 13.2 Å². The second kappa shape index (κ2) is 8.68. The van der Waals surface area contributed by atoms with Crippen LogP contribution in [0.2, 0.25) is 5.02 Å². The van der Waals surface area contributed by atoms with Crippen molar-refractivity contribution >= 4 is 23.3 Å². The number of carbonyl (C=O) groups excluding carboxylic acids is 1. The third-order valence-corrected chi connectivity index (χ3v) is 6.13. The molecule has 3 rings (SSSR count). The highest BCUT2D eigenvalue weighted by atomic mass is 35.5. The van der Waals surface area contributed by atoms with Crippen molar-refractivity contribution in [3.05, 3.63) is 22.8 Å². The first-order chi connectivity index (χ1) is 13.6. The summed E-state index contributed by atoms with van der Waals surface area (Å²) >= 11 is 6.07. The molecule has 0 radical (unpaired) electrons. The summed E-state index contributed by atoms with van der Waals surface area (Å²) in [5.41, 5.74) is -0.853. The number of pyridine rings is 1. The Morgan fingerprint density at radius 1 is 1.17 bits per heavy atom. The molecule has 1 aromatic heterocycles. The Morgan fingerprint density at radius 2 is 1.76 bits per heavy atom. The number of piperazine rings is 1. The van der Waals surface area contributed by atoms with Crippen LogP contribution < -0.4 is 4.90 Å². The molecule has 3 atom stereocenters. The van der Waals surface area contributed by atoms with Crippen molar-refractivity contribution in [3.63, 3.8) is 0 Å². The third kappa shape index (κ3) is 5.15. The summed E-state index contributed by atoms with van der Waals surface area (Å²) in [5, 5.41) is -0.00584. The van der Waals surface area contributed by atoms with Gasteiger partial charge in [0, 0.05) is 45.5 Å². The van der Waals surface area contributed by atoms with Crippen LogP contribution in [-0.4, -0.2) is 66.0 Å². The molecule has 29 heavy (non-hydrogen) atoms. The van der Waals surface area contributed by atoms with Gasteiger partial charge in [0.05, 0.1) is 16.6 Å². The van der Waals surface area contributed by atoms with Gasteiger partial charge in [0.2, 0.25) is 5.91 Å². The Hall–Kier alpha value is -1.54. The average Bonchev–Trinajstić information content (AvgIpc) is 2.65. The van der Waals surface area contributed by atoms with Crippen molar-refractivity contribution in [2.45, 2.75) is 39.4 Å². The van der Waals surface area contributed by atoms with E-state index < -0.39 is 11.7 Å². The van der Waals surface area contributed by atoms with Gasteiger partial charge in [0.15, 0.2) is 0 Å². The zero-order valence-corrected chi connectivity index (χ0v) is 17.8. The Balaban J connectivity index is 1.59. The van der Waals surface area contributed by atoms with Gasteiger partial charge < -0.3 is 9.80 Å². The van der Waals surface area contributed by atoms with E-state index in [4.69, 9.17) is 11.6 Å². The number of carbonyl (C=O) groups is 1. The van der Waals surface area contributed by atoms with Crippen molar-refractivity contribution in [1.29, 1.82) is 0 Å². The van der Waals surface area contributed by atoms with E-state index in [1.54, 1.807) is 0 Å². The van der Waals surface area contributed by atoms with E-state index >= 15 is 0 Å². The van der Waals surface area contributed by atoms with Gasteiger partial charge in [0.25, 0.3) is 0 Å². The van der Waals surface area contributed by atoms with Gasteiger partial charge >= 0.3 is 6.18 Å². The van der Waals surface area contributed by atoms with E-state index in [0.717, 1.165) is 31.8 Å². The summed E-state index contributed by atoms with van der Waals surface area (Å²) in [6.07, 6.45) is -2.50. The molecular weight excluding hydrogens is 405 g/mol. The molecule has 0 spiro atoms. The lowest BCUT2D eigenvalue weighted by Gasteiger charge is -2.41. The number of nitrogens with zero attached hydrogens (tertiary/aromatic N) is 4. The summed E-state index contributed by atoms with van der Waals surface area (Å²) in [6.45, 7) is 10.3. The van der Waals surface area contributed by atoms with Crippen LogP contribution in [0.1, 0.15) is 32.8 Å². The van der Waals surface area contributed by atoms with E-state index in [1.165, 1.54) is 0 Å². The molecule has 5 nitrogen and oxygen atoms in total. The summed E-state index contributed by atoms with van der Waals surface area (Å²) in [4.78, 5) is 22.9. The first kappa shape index (κ1) is 22.2. The zero-order chi connectivity index (χ0) is 21.3. The number of anilines is 1. The van der Waals surface area contributed by atoms with E-state index in [-0.39, 0.29) is 17.0 Å². The third-order valence-electron chi connectivity index (χ3n) is 5.85. The van der Waals surface area contributed by atoms with Crippen molar-refractivity contribution in [3.8, 4) is 0 Å². The van der Waals surface area contributed by atoms with E-state index in [0.29, 0.717) is 43.8 Å². The van der Waals surface area contributed by atoms with Crippen molar-refractivity contribution < 1.29 is 18.0 Å². The SMILES string of the molecule is CC1CC(C)CN(C(=O)C(C)N2CCN(c3ncc(C(F)(F)F)cc3Cl)CC2)C1. The second-order valence-electron chi connectivity index (χ2n) is 8.42. The second-order valence-corrected chi connectivity index (χ2v) is 8.82. The molecule has 2 aliphatic heterocycles. The molecule has 2 fully saturated rings. The molecule has 3 heterocycles. The molecule has 0 aliphatic carbocycles. The standard InChI is InChI=1S/C20H28ClF3N4O/c1-13-8-14(2)12-28(11-13)19(29)15(3)26-4-6-27(7-5-26)18-17(21)9-16(10-25-18)20(22,23)24/h9-10,13-15H,4-8,11-12H2,1-3H3. The molecule has 3 unspecified atom stereocenters. The fourth-order valence-corrected chi connectivity index (χ4v) is 4.69. The Bertz CT molecular complexity index is 727. The first-order valence-electron chi connectivity index (χ1n) is 10.1. The minimum atomic E-state index is -4.47. The molecule has 0 aromatic carbocycles. The maximum atomic E-state index is 13.0. The van der Waals surface area contributed by atoms with Gasteiger partial charge in [-0.1, -0.05) is 25.4 Å². The molecule has 9 heteroatoms.